The average molecular weight is 457 g/mol. The van der Waals surface area contributed by atoms with E-state index in [1.54, 1.807) is 0 Å². The van der Waals surface area contributed by atoms with Crippen molar-refractivity contribution >= 4 is 0 Å². The Morgan fingerprint density at radius 1 is 0.676 bits per heavy atom. The maximum absolute atomic E-state index is 8.95. The molecule has 3 aromatic carbocycles. The third kappa shape index (κ3) is 7.57. The number of aryl methyl sites for hydroxylation is 2. The highest BCUT2D eigenvalue weighted by Crippen LogP contribution is 2.30. The Morgan fingerprint density at radius 2 is 1.35 bits per heavy atom. The van der Waals surface area contributed by atoms with Gasteiger partial charge in [0.05, 0.1) is 0 Å². The SMILES string of the molecule is CCCCC(CC)Cc1ccc(-c2ccc(-c3ccc(CCCCCO)cc3)c(CC)c2)cc1. The van der Waals surface area contributed by atoms with E-state index >= 15 is 0 Å². The van der Waals surface area contributed by atoms with Crippen molar-refractivity contribution in [2.45, 2.75) is 85.0 Å². The molecule has 0 aliphatic heterocycles. The van der Waals surface area contributed by atoms with Crippen molar-refractivity contribution in [2.75, 3.05) is 6.61 Å². The van der Waals surface area contributed by atoms with Crippen molar-refractivity contribution in [1.82, 2.24) is 0 Å². The van der Waals surface area contributed by atoms with Crippen molar-refractivity contribution in [3.8, 4) is 22.3 Å². The molecular weight excluding hydrogens is 412 g/mol. The molecule has 0 aliphatic rings. The Hall–Kier alpha value is -2.38. The van der Waals surface area contributed by atoms with Crippen molar-refractivity contribution in [2.24, 2.45) is 5.92 Å². The summed E-state index contributed by atoms with van der Waals surface area (Å²) in [6, 6.07) is 25.3. The first-order valence-corrected chi connectivity index (χ1v) is 13.6. The lowest BCUT2D eigenvalue weighted by Crippen LogP contribution is -2.03. The lowest BCUT2D eigenvalue weighted by Gasteiger charge is -2.15. The van der Waals surface area contributed by atoms with Crippen LogP contribution in [0.15, 0.2) is 66.7 Å². The number of aliphatic hydroxyl groups is 1. The molecule has 0 saturated heterocycles. The van der Waals surface area contributed by atoms with Gasteiger partial charge in [0.1, 0.15) is 0 Å². The highest BCUT2D eigenvalue weighted by atomic mass is 16.2. The summed E-state index contributed by atoms with van der Waals surface area (Å²) in [5.74, 6) is 0.809. The molecule has 3 aromatic rings. The van der Waals surface area contributed by atoms with E-state index in [9.17, 15) is 0 Å². The zero-order valence-electron chi connectivity index (χ0n) is 21.7. The highest BCUT2D eigenvalue weighted by molar-refractivity contribution is 5.74. The lowest BCUT2D eigenvalue weighted by atomic mass is 9.90. The fraction of sp³-hybridized carbons (Fsp3) is 0.455. The fourth-order valence-electron chi connectivity index (χ4n) is 4.93. The van der Waals surface area contributed by atoms with E-state index in [4.69, 9.17) is 5.11 Å². The van der Waals surface area contributed by atoms with Crippen LogP contribution in [0.1, 0.15) is 82.4 Å². The monoisotopic (exact) mass is 456 g/mol. The maximum Gasteiger partial charge on any atom is 0.0431 e. The molecule has 0 saturated carbocycles. The molecule has 3 rings (SSSR count). The first kappa shape index (κ1) is 26.2. The Labute approximate surface area is 208 Å². The van der Waals surface area contributed by atoms with Crippen LogP contribution in [0.3, 0.4) is 0 Å². The van der Waals surface area contributed by atoms with Crippen LogP contribution in [-0.2, 0) is 19.3 Å². The van der Waals surface area contributed by atoms with Gasteiger partial charge in [-0.2, -0.15) is 0 Å². The topological polar surface area (TPSA) is 20.2 Å². The van der Waals surface area contributed by atoms with Crippen LogP contribution >= 0.6 is 0 Å². The van der Waals surface area contributed by atoms with E-state index in [1.165, 1.54) is 71.0 Å². The summed E-state index contributed by atoms with van der Waals surface area (Å²) in [5.41, 5.74) is 9.53. The van der Waals surface area contributed by atoms with Gasteiger partial charge in [0.25, 0.3) is 0 Å². The zero-order valence-corrected chi connectivity index (χ0v) is 21.7. The van der Waals surface area contributed by atoms with Crippen LogP contribution in [-0.4, -0.2) is 11.7 Å². The predicted octanol–water partition coefficient (Wildman–Crippen LogP) is 9.05. The third-order valence-electron chi connectivity index (χ3n) is 7.23. The van der Waals surface area contributed by atoms with Crippen LogP contribution in [0.4, 0.5) is 0 Å². The molecule has 0 aliphatic carbocycles. The summed E-state index contributed by atoms with van der Waals surface area (Å²) in [6.07, 6.45) is 11.7. The Kier molecular flexibility index (Phi) is 10.9. The first-order chi connectivity index (χ1) is 16.7. The van der Waals surface area contributed by atoms with Gasteiger partial charge >= 0.3 is 0 Å². The van der Waals surface area contributed by atoms with Crippen LogP contribution in [0, 0.1) is 5.92 Å². The third-order valence-corrected chi connectivity index (χ3v) is 7.23. The molecule has 0 spiro atoms. The van der Waals surface area contributed by atoms with Crippen molar-refractivity contribution in [3.63, 3.8) is 0 Å². The number of benzene rings is 3. The molecule has 182 valence electrons. The van der Waals surface area contributed by atoms with Gasteiger partial charge in [-0.05, 0) is 77.0 Å². The second kappa shape index (κ2) is 14.1. The average Bonchev–Trinajstić information content (AvgIpc) is 2.89. The smallest absolute Gasteiger partial charge is 0.0431 e. The summed E-state index contributed by atoms with van der Waals surface area (Å²) in [5, 5.41) is 8.95. The molecule has 0 fully saturated rings. The van der Waals surface area contributed by atoms with Gasteiger partial charge in [0.2, 0.25) is 0 Å². The molecule has 1 atom stereocenters. The minimum atomic E-state index is 0.303. The Morgan fingerprint density at radius 3 is 2.00 bits per heavy atom. The van der Waals surface area contributed by atoms with Crippen molar-refractivity contribution < 1.29 is 5.11 Å². The summed E-state index contributed by atoms with van der Waals surface area (Å²) >= 11 is 0. The molecule has 34 heavy (non-hydrogen) atoms. The van der Waals surface area contributed by atoms with Gasteiger partial charge in [-0.3, -0.25) is 0 Å². The molecule has 1 N–H and O–H groups in total. The van der Waals surface area contributed by atoms with Crippen LogP contribution in [0.2, 0.25) is 0 Å². The second-order valence-electron chi connectivity index (χ2n) is 9.77. The van der Waals surface area contributed by atoms with Crippen LogP contribution < -0.4 is 0 Å². The molecule has 0 amide bonds. The summed E-state index contributed by atoms with van der Waals surface area (Å²) in [7, 11) is 0. The molecule has 0 heterocycles. The van der Waals surface area contributed by atoms with E-state index in [-0.39, 0.29) is 0 Å². The molecular formula is C33H44O. The minimum Gasteiger partial charge on any atom is -0.396 e. The first-order valence-electron chi connectivity index (χ1n) is 13.6. The quantitative estimate of drug-likeness (QED) is 0.240. The Bertz CT molecular complexity index is 968. The summed E-state index contributed by atoms with van der Waals surface area (Å²) in [6.45, 7) is 7.17. The van der Waals surface area contributed by atoms with E-state index in [0.717, 1.165) is 38.0 Å². The molecule has 1 unspecified atom stereocenters. The second-order valence-corrected chi connectivity index (χ2v) is 9.77. The molecule has 1 heteroatoms. The van der Waals surface area contributed by atoms with Gasteiger partial charge in [-0.25, -0.2) is 0 Å². The van der Waals surface area contributed by atoms with E-state index in [0.29, 0.717) is 6.61 Å². The standard InChI is InChI=1S/C33H44O/c1-4-7-11-26(5-2)24-28-15-17-30(18-16-28)32-21-22-33(29(6-3)25-32)31-19-13-27(14-20-31)12-9-8-10-23-34/h13-22,25-26,34H,4-12,23-24H2,1-3H3. The fourth-order valence-corrected chi connectivity index (χ4v) is 4.93. The number of unbranched alkanes of at least 4 members (excludes halogenated alkanes) is 3. The van der Waals surface area contributed by atoms with E-state index in [1.807, 2.05) is 0 Å². The predicted molar refractivity (Wildman–Crippen MR) is 148 cm³/mol. The number of rotatable bonds is 14. The minimum absolute atomic E-state index is 0.303. The van der Waals surface area contributed by atoms with Crippen LogP contribution in [0.5, 0.6) is 0 Å². The molecule has 1 nitrogen and oxygen atoms in total. The van der Waals surface area contributed by atoms with Gasteiger partial charge in [-0.15, -0.1) is 0 Å². The normalized spacial score (nSPS) is 12.1. The van der Waals surface area contributed by atoms with Gasteiger partial charge < -0.3 is 5.11 Å². The highest BCUT2D eigenvalue weighted by Gasteiger charge is 2.09. The number of aliphatic hydroxyl groups excluding tert-OH is 1. The molecule has 0 bridgehead atoms. The molecule has 0 radical (unpaired) electrons. The summed E-state index contributed by atoms with van der Waals surface area (Å²) in [4.78, 5) is 0. The zero-order chi connectivity index (χ0) is 24.2. The lowest BCUT2D eigenvalue weighted by molar-refractivity contribution is 0.283. The Balaban J connectivity index is 1.70. The van der Waals surface area contributed by atoms with Crippen LogP contribution in [0.25, 0.3) is 22.3 Å². The number of hydrogen-bond donors (Lipinski definition) is 1. The van der Waals surface area contributed by atoms with E-state index < -0.39 is 0 Å². The van der Waals surface area contributed by atoms with Crippen molar-refractivity contribution in [3.05, 3.63) is 83.4 Å². The number of hydrogen-bond acceptors (Lipinski definition) is 1. The van der Waals surface area contributed by atoms with E-state index in [2.05, 4.69) is 87.5 Å². The van der Waals surface area contributed by atoms with Crippen molar-refractivity contribution in [1.29, 1.82) is 0 Å². The summed E-state index contributed by atoms with van der Waals surface area (Å²) < 4.78 is 0. The maximum atomic E-state index is 8.95. The molecule has 0 aromatic heterocycles. The van der Waals surface area contributed by atoms with Gasteiger partial charge in [-0.1, -0.05) is 120 Å². The van der Waals surface area contributed by atoms with Gasteiger partial charge in [0.15, 0.2) is 0 Å². The largest absolute Gasteiger partial charge is 0.396 e. The van der Waals surface area contributed by atoms with Gasteiger partial charge in [0, 0.05) is 6.61 Å².